The zero-order valence-electron chi connectivity index (χ0n) is 13.5. The zero-order valence-corrected chi connectivity index (χ0v) is 14.3. The van der Waals surface area contributed by atoms with Crippen LogP contribution in [-0.4, -0.2) is 57.3 Å². The van der Waals surface area contributed by atoms with Crippen molar-refractivity contribution in [3.05, 3.63) is 29.8 Å². The molecule has 0 aliphatic carbocycles. The third-order valence-corrected chi connectivity index (χ3v) is 3.85. The summed E-state index contributed by atoms with van der Waals surface area (Å²) >= 11 is 0. The maximum Gasteiger partial charge on any atom is 0.221 e. The van der Waals surface area contributed by atoms with E-state index in [4.69, 9.17) is 15.2 Å². The van der Waals surface area contributed by atoms with Crippen molar-refractivity contribution in [1.29, 1.82) is 0 Å². The Morgan fingerprint density at radius 3 is 2.57 bits per heavy atom. The fourth-order valence-corrected chi connectivity index (χ4v) is 2.60. The molecule has 7 heteroatoms. The first-order valence-corrected chi connectivity index (χ1v) is 7.67. The molecule has 0 bridgehead atoms. The highest BCUT2D eigenvalue weighted by Crippen LogP contribution is 2.23. The van der Waals surface area contributed by atoms with Gasteiger partial charge in [0.05, 0.1) is 26.4 Å². The van der Waals surface area contributed by atoms with Crippen molar-refractivity contribution in [2.75, 3.05) is 46.5 Å². The van der Waals surface area contributed by atoms with Gasteiger partial charge in [0.2, 0.25) is 5.91 Å². The van der Waals surface area contributed by atoms with Crippen molar-refractivity contribution in [3.63, 3.8) is 0 Å². The molecule has 3 N–H and O–H groups in total. The summed E-state index contributed by atoms with van der Waals surface area (Å²) in [6, 6.07) is 8.13. The molecule has 0 spiro atoms. The van der Waals surface area contributed by atoms with Gasteiger partial charge in [0.25, 0.3) is 0 Å². The fraction of sp³-hybridized carbons (Fsp3) is 0.562. The Morgan fingerprint density at radius 2 is 2.00 bits per heavy atom. The molecule has 0 saturated carbocycles. The molecular weight excluding hydrogens is 318 g/mol. The van der Waals surface area contributed by atoms with E-state index < -0.39 is 0 Å². The maximum absolute atomic E-state index is 11.7. The molecule has 1 heterocycles. The predicted octanol–water partition coefficient (Wildman–Crippen LogP) is 0.955. The number of benzene rings is 1. The van der Waals surface area contributed by atoms with E-state index in [0.717, 1.165) is 37.6 Å². The van der Waals surface area contributed by atoms with Crippen molar-refractivity contribution < 1.29 is 14.3 Å². The SMILES string of the molecule is COc1ccc(C(CNC(=O)CCN)N2CCOCC2)cc1.Cl. The van der Waals surface area contributed by atoms with Crippen molar-refractivity contribution >= 4 is 18.3 Å². The monoisotopic (exact) mass is 343 g/mol. The Hall–Kier alpha value is -1.34. The lowest BCUT2D eigenvalue weighted by molar-refractivity contribution is -0.121. The van der Waals surface area contributed by atoms with Crippen LogP contribution in [0.25, 0.3) is 0 Å². The number of nitrogens with two attached hydrogens (primary N) is 1. The number of ether oxygens (including phenoxy) is 2. The third kappa shape index (κ3) is 5.99. The summed E-state index contributed by atoms with van der Waals surface area (Å²) in [5, 5.41) is 2.98. The number of nitrogens with zero attached hydrogens (tertiary/aromatic N) is 1. The zero-order chi connectivity index (χ0) is 15.8. The van der Waals surface area contributed by atoms with Crippen molar-refractivity contribution in [2.45, 2.75) is 12.5 Å². The predicted molar refractivity (Wildman–Crippen MR) is 92.1 cm³/mol. The Kier molecular flexibility index (Phi) is 8.94. The van der Waals surface area contributed by atoms with Gasteiger partial charge in [-0.25, -0.2) is 0 Å². The van der Waals surface area contributed by atoms with Gasteiger partial charge >= 0.3 is 0 Å². The molecule has 6 nitrogen and oxygen atoms in total. The Bertz CT molecular complexity index is 464. The van der Waals surface area contributed by atoms with E-state index in [9.17, 15) is 4.79 Å². The molecule has 1 aliphatic heterocycles. The Morgan fingerprint density at radius 1 is 1.35 bits per heavy atom. The van der Waals surface area contributed by atoms with Crippen LogP contribution < -0.4 is 15.8 Å². The number of rotatable bonds is 7. The minimum atomic E-state index is -0.00530. The van der Waals surface area contributed by atoms with Crippen LogP contribution >= 0.6 is 12.4 Å². The number of morpholine rings is 1. The van der Waals surface area contributed by atoms with E-state index >= 15 is 0 Å². The van der Waals surface area contributed by atoms with E-state index in [0.29, 0.717) is 19.5 Å². The number of nitrogens with one attached hydrogen (secondary N) is 1. The average Bonchev–Trinajstić information content (AvgIpc) is 2.57. The van der Waals surface area contributed by atoms with Gasteiger partial charge in [-0.3, -0.25) is 9.69 Å². The molecule has 0 radical (unpaired) electrons. The minimum absolute atomic E-state index is 0. The minimum Gasteiger partial charge on any atom is -0.497 e. The largest absolute Gasteiger partial charge is 0.497 e. The summed E-state index contributed by atoms with van der Waals surface area (Å²) < 4.78 is 10.6. The van der Waals surface area contributed by atoms with Gasteiger partial charge in [0.15, 0.2) is 0 Å². The summed E-state index contributed by atoms with van der Waals surface area (Å²) in [6.07, 6.45) is 0.360. The number of halogens is 1. The van der Waals surface area contributed by atoms with Crippen LogP contribution in [0.1, 0.15) is 18.0 Å². The number of hydrogen-bond acceptors (Lipinski definition) is 5. The second kappa shape index (κ2) is 10.4. The van der Waals surface area contributed by atoms with Gasteiger partial charge in [-0.05, 0) is 17.7 Å². The lowest BCUT2D eigenvalue weighted by Gasteiger charge is -2.35. The van der Waals surface area contributed by atoms with Crippen LogP contribution in [0.3, 0.4) is 0 Å². The molecule has 23 heavy (non-hydrogen) atoms. The first kappa shape index (κ1) is 19.7. The quantitative estimate of drug-likeness (QED) is 0.771. The van der Waals surface area contributed by atoms with E-state index in [2.05, 4.69) is 10.2 Å². The van der Waals surface area contributed by atoms with Crippen LogP contribution in [0.15, 0.2) is 24.3 Å². The third-order valence-electron chi connectivity index (χ3n) is 3.85. The second-order valence-corrected chi connectivity index (χ2v) is 5.28. The molecule has 1 saturated heterocycles. The number of amides is 1. The van der Waals surface area contributed by atoms with E-state index in [1.807, 2.05) is 24.3 Å². The number of methoxy groups -OCH3 is 1. The van der Waals surface area contributed by atoms with Gasteiger partial charge < -0.3 is 20.5 Å². The topological polar surface area (TPSA) is 76.8 Å². The fourth-order valence-electron chi connectivity index (χ4n) is 2.60. The molecule has 0 aromatic heterocycles. The van der Waals surface area contributed by atoms with Gasteiger partial charge in [-0.2, -0.15) is 0 Å². The highest BCUT2D eigenvalue weighted by Gasteiger charge is 2.23. The molecule has 2 rings (SSSR count). The van der Waals surface area contributed by atoms with Crippen LogP contribution in [0.2, 0.25) is 0 Å². The number of carbonyl (C=O) groups is 1. The lowest BCUT2D eigenvalue weighted by Crippen LogP contribution is -2.44. The normalized spacial score (nSPS) is 16.3. The van der Waals surface area contributed by atoms with Gasteiger partial charge in [-0.15, -0.1) is 12.4 Å². The van der Waals surface area contributed by atoms with Gasteiger partial charge in [-0.1, -0.05) is 12.1 Å². The van der Waals surface area contributed by atoms with Crippen molar-refractivity contribution in [2.24, 2.45) is 5.73 Å². The van der Waals surface area contributed by atoms with E-state index in [-0.39, 0.29) is 24.4 Å². The van der Waals surface area contributed by atoms with Crippen LogP contribution in [0.5, 0.6) is 5.75 Å². The van der Waals surface area contributed by atoms with E-state index in [1.54, 1.807) is 7.11 Å². The van der Waals surface area contributed by atoms with Crippen molar-refractivity contribution in [3.8, 4) is 5.75 Å². The summed E-state index contributed by atoms with van der Waals surface area (Å²) in [5.41, 5.74) is 6.58. The van der Waals surface area contributed by atoms with Gasteiger partial charge in [0, 0.05) is 32.6 Å². The Labute approximate surface area is 143 Å². The van der Waals surface area contributed by atoms with E-state index in [1.165, 1.54) is 0 Å². The molecular formula is C16H26ClN3O3. The summed E-state index contributed by atoms with van der Waals surface area (Å²) in [4.78, 5) is 14.0. The highest BCUT2D eigenvalue weighted by molar-refractivity contribution is 5.85. The molecule has 130 valence electrons. The standard InChI is InChI=1S/C16H25N3O3.ClH/c1-21-14-4-2-13(3-5-14)15(12-18-16(20)6-7-17)19-8-10-22-11-9-19;/h2-5,15H,6-12,17H2,1H3,(H,18,20);1H. The smallest absolute Gasteiger partial charge is 0.221 e. The molecule has 1 atom stereocenters. The summed E-state index contributed by atoms with van der Waals surface area (Å²) in [6.45, 7) is 4.13. The first-order valence-electron chi connectivity index (χ1n) is 7.67. The molecule has 1 amide bonds. The maximum atomic E-state index is 11.7. The highest BCUT2D eigenvalue weighted by atomic mass is 35.5. The van der Waals surface area contributed by atoms with Gasteiger partial charge in [0.1, 0.15) is 5.75 Å². The average molecular weight is 344 g/mol. The summed E-state index contributed by atoms with van der Waals surface area (Å²) in [7, 11) is 1.65. The molecule has 1 unspecified atom stereocenters. The molecule has 1 fully saturated rings. The number of hydrogen-bond donors (Lipinski definition) is 2. The second-order valence-electron chi connectivity index (χ2n) is 5.28. The van der Waals surface area contributed by atoms with Crippen LogP contribution in [0, 0.1) is 0 Å². The van der Waals surface area contributed by atoms with Crippen LogP contribution in [0.4, 0.5) is 0 Å². The number of carbonyl (C=O) groups excluding carboxylic acids is 1. The lowest BCUT2D eigenvalue weighted by atomic mass is 10.0. The van der Waals surface area contributed by atoms with Crippen molar-refractivity contribution in [1.82, 2.24) is 10.2 Å². The molecule has 1 aliphatic rings. The first-order chi connectivity index (χ1) is 10.7. The molecule has 1 aromatic carbocycles. The summed E-state index contributed by atoms with van der Waals surface area (Å²) in [5.74, 6) is 0.825. The Balaban J connectivity index is 0.00000264. The van der Waals surface area contributed by atoms with Crippen LogP contribution in [-0.2, 0) is 9.53 Å². The molecule has 1 aromatic rings.